The van der Waals surface area contributed by atoms with Crippen LogP contribution >= 0.6 is 34.8 Å². The maximum atomic E-state index is 11.5. The highest BCUT2D eigenvalue weighted by Crippen LogP contribution is 2.32. The second-order valence-electron chi connectivity index (χ2n) is 4.06. The molecule has 0 saturated carbocycles. The van der Waals surface area contributed by atoms with E-state index in [2.05, 4.69) is 5.32 Å². The van der Waals surface area contributed by atoms with Crippen molar-refractivity contribution in [2.75, 3.05) is 5.32 Å². The Morgan fingerprint density at radius 3 is 2.05 bits per heavy atom. The number of carboxylic acids is 1. The van der Waals surface area contributed by atoms with E-state index in [4.69, 9.17) is 34.8 Å². The van der Waals surface area contributed by atoms with Gasteiger partial charge >= 0.3 is 5.97 Å². The van der Waals surface area contributed by atoms with Crippen LogP contribution in [0.5, 0.6) is 0 Å². The molecule has 20 heavy (non-hydrogen) atoms. The summed E-state index contributed by atoms with van der Waals surface area (Å²) in [6.45, 7) is 0. The van der Waals surface area contributed by atoms with Crippen LogP contribution in [0.2, 0.25) is 15.1 Å². The molecule has 6 heteroatoms. The Balaban J connectivity index is 2.37. The first-order chi connectivity index (χ1) is 9.49. The third kappa shape index (κ3) is 3.37. The van der Waals surface area contributed by atoms with Crippen molar-refractivity contribution in [1.82, 2.24) is 0 Å². The zero-order chi connectivity index (χ0) is 14.7. The van der Waals surface area contributed by atoms with Crippen molar-refractivity contribution in [3.63, 3.8) is 0 Å². The lowest BCUT2D eigenvalue weighted by Crippen LogP contribution is -2.21. The van der Waals surface area contributed by atoms with Gasteiger partial charge in [0, 0.05) is 26.3 Å². The highest BCUT2D eigenvalue weighted by atomic mass is 35.5. The molecule has 0 aliphatic carbocycles. The van der Waals surface area contributed by atoms with Crippen molar-refractivity contribution >= 4 is 46.5 Å². The molecule has 0 fully saturated rings. The van der Waals surface area contributed by atoms with Gasteiger partial charge in [-0.1, -0.05) is 40.9 Å². The van der Waals surface area contributed by atoms with E-state index in [9.17, 15) is 9.90 Å². The molecule has 3 nitrogen and oxygen atoms in total. The Kier molecular flexibility index (Phi) is 4.76. The molecular formula is C14H10Cl3NO2. The summed E-state index contributed by atoms with van der Waals surface area (Å²) in [5.74, 6) is -1.07. The molecule has 0 heterocycles. The zero-order valence-electron chi connectivity index (χ0n) is 10.1. The molecule has 2 aromatic carbocycles. The minimum Gasteiger partial charge on any atom is -0.479 e. The number of hydrogen-bond donors (Lipinski definition) is 2. The summed E-state index contributed by atoms with van der Waals surface area (Å²) in [5.41, 5.74) is 0.941. The van der Waals surface area contributed by atoms with E-state index >= 15 is 0 Å². The van der Waals surface area contributed by atoms with Crippen LogP contribution in [-0.2, 0) is 4.79 Å². The third-order valence-corrected chi connectivity index (χ3v) is 3.60. The minimum absolute atomic E-state index is 0.298. The number of halogens is 3. The molecule has 0 aromatic heterocycles. The van der Waals surface area contributed by atoms with Crippen molar-refractivity contribution in [2.45, 2.75) is 6.04 Å². The van der Waals surface area contributed by atoms with E-state index in [1.54, 1.807) is 42.5 Å². The van der Waals surface area contributed by atoms with Crippen molar-refractivity contribution in [3.05, 3.63) is 63.1 Å². The predicted octanol–water partition coefficient (Wildman–Crippen LogP) is 4.88. The number of carbonyl (C=O) groups is 1. The quantitative estimate of drug-likeness (QED) is 0.839. The van der Waals surface area contributed by atoms with Gasteiger partial charge in [0.05, 0.1) is 0 Å². The van der Waals surface area contributed by atoms with E-state index in [0.717, 1.165) is 0 Å². The third-order valence-electron chi connectivity index (χ3n) is 2.69. The first kappa shape index (κ1) is 15.0. The molecule has 104 valence electrons. The SMILES string of the molecule is O=C(O)C(Nc1ccc(Cl)cc1)c1c(Cl)cccc1Cl. The lowest BCUT2D eigenvalue weighted by molar-refractivity contribution is -0.138. The van der Waals surface area contributed by atoms with Gasteiger partial charge in [-0.25, -0.2) is 4.79 Å². The van der Waals surface area contributed by atoms with Crippen molar-refractivity contribution in [3.8, 4) is 0 Å². The molecule has 1 atom stereocenters. The number of aliphatic carboxylic acids is 1. The fourth-order valence-electron chi connectivity index (χ4n) is 1.76. The smallest absolute Gasteiger partial charge is 0.330 e. The average molecular weight is 331 g/mol. The molecule has 0 aliphatic rings. The van der Waals surface area contributed by atoms with Crippen molar-refractivity contribution < 1.29 is 9.90 Å². The Labute approximate surface area is 131 Å². The van der Waals surface area contributed by atoms with Gasteiger partial charge in [0.25, 0.3) is 0 Å². The van der Waals surface area contributed by atoms with Gasteiger partial charge in [0.1, 0.15) is 0 Å². The van der Waals surface area contributed by atoms with Crippen LogP contribution in [0, 0.1) is 0 Å². The van der Waals surface area contributed by atoms with E-state index in [-0.39, 0.29) is 0 Å². The van der Waals surface area contributed by atoms with Crippen LogP contribution in [-0.4, -0.2) is 11.1 Å². The molecule has 2 rings (SSSR count). The minimum atomic E-state index is -1.07. The van der Waals surface area contributed by atoms with Crippen molar-refractivity contribution in [1.29, 1.82) is 0 Å². The Hall–Kier alpha value is -1.42. The van der Waals surface area contributed by atoms with Crippen LogP contribution in [0.3, 0.4) is 0 Å². The van der Waals surface area contributed by atoms with Gasteiger partial charge in [-0.3, -0.25) is 0 Å². The van der Waals surface area contributed by atoms with Gasteiger partial charge in [0.2, 0.25) is 0 Å². The monoisotopic (exact) mass is 329 g/mol. The number of rotatable bonds is 4. The highest BCUT2D eigenvalue weighted by Gasteiger charge is 2.24. The second kappa shape index (κ2) is 6.35. The first-order valence-electron chi connectivity index (χ1n) is 5.68. The molecule has 0 aliphatic heterocycles. The summed E-state index contributed by atoms with van der Waals surface area (Å²) in [6.07, 6.45) is 0. The summed E-state index contributed by atoms with van der Waals surface area (Å²) < 4.78 is 0. The summed E-state index contributed by atoms with van der Waals surface area (Å²) >= 11 is 17.9. The van der Waals surface area contributed by atoms with Crippen LogP contribution in [0.15, 0.2) is 42.5 Å². The maximum Gasteiger partial charge on any atom is 0.330 e. The first-order valence-corrected chi connectivity index (χ1v) is 6.81. The topological polar surface area (TPSA) is 49.3 Å². The lowest BCUT2D eigenvalue weighted by atomic mass is 10.1. The summed E-state index contributed by atoms with van der Waals surface area (Å²) in [7, 11) is 0. The van der Waals surface area contributed by atoms with Gasteiger partial charge < -0.3 is 10.4 Å². The fraction of sp³-hybridized carbons (Fsp3) is 0.0714. The van der Waals surface area contributed by atoms with Gasteiger partial charge in [0.15, 0.2) is 6.04 Å². The molecule has 1 unspecified atom stereocenters. The number of nitrogens with one attached hydrogen (secondary N) is 1. The highest BCUT2D eigenvalue weighted by molar-refractivity contribution is 6.36. The van der Waals surface area contributed by atoms with Gasteiger partial charge in [-0.15, -0.1) is 0 Å². The molecular weight excluding hydrogens is 321 g/mol. The molecule has 0 saturated heterocycles. The second-order valence-corrected chi connectivity index (χ2v) is 5.31. The van der Waals surface area contributed by atoms with E-state index in [1.807, 2.05) is 0 Å². The number of anilines is 1. The molecule has 0 spiro atoms. The summed E-state index contributed by atoms with van der Waals surface area (Å²) in [6, 6.07) is 10.5. The van der Waals surface area contributed by atoms with Crippen LogP contribution in [0.4, 0.5) is 5.69 Å². The lowest BCUT2D eigenvalue weighted by Gasteiger charge is -2.18. The average Bonchev–Trinajstić information content (AvgIpc) is 2.39. The maximum absolute atomic E-state index is 11.5. The predicted molar refractivity (Wildman–Crippen MR) is 81.9 cm³/mol. The molecule has 2 aromatic rings. The number of carboxylic acid groups (broad SMARTS) is 1. The number of hydrogen-bond acceptors (Lipinski definition) is 2. The van der Waals surface area contributed by atoms with Gasteiger partial charge in [-0.05, 0) is 36.4 Å². The zero-order valence-corrected chi connectivity index (χ0v) is 12.4. The molecule has 0 bridgehead atoms. The normalized spacial score (nSPS) is 11.9. The standard InChI is InChI=1S/C14H10Cl3NO2/c15-8-4-6-9(7-5-8)18-13(14(19)20)12-10(16)2-1-3-11(12)17/h1-7,13,18H,(H,19,20). The summed E-state index contributed by atoms with van der Waals surface area (Å²) in [4.78, 5) is 11.5. The Morgan fingerprint density at radius 1 is 1.00 bits per heavy atom. The molecule has 0 amide bonds. The number of benzene rings is 2. The van der Waals surface area contributed by atoms with Crippen molar-refractivity contribution in [2.24, 2.45) is 0 Å². The van der Waals surface area contributed by atoms with E-state index in [0.29, 0.717) is 26.3 Å². The fourth-order valence-corrected chi connectivity index (χ4v) is 2.50. The largest absolute Gasteiger partial charge is 0.479 e. The molecule has 0 radical (unpaired) electrons. The Bertz CT molecular complexity index is 609. The van der Waals surface area contributed by atoms with Crippen LogP contribution in [0.1, 0.15) is 11.6 Å². The summed E-state index contributed by atoms with van der Waals surface area (Å²) in [5, 5.41) is 13.4. The Morgan fingerprint density at radius 2 is 1.55 bits per heavy atom. The molecule has 2 N–H and O–H groups in total. The van der Waals surface area contributed by atoms with Gasteiger partial charge in [-0.2, -0.15) is 0 Å². The van der Waals surface area contributed by atoms with Crippen LogP contribution in [0.25, 0.3) is 0 Å². The van der Waals surface area contributed by atoms with Crippen LogP contribution < -0.4 is 5.32 Å². The van der Waals surface area contributed by atoms with E-state index in [1.165, 1.54) is 0 Å². The van der Waals surface area contributed by atoms with E-state index < -0.39 is 12.0 Å².